The second-order valence-corrected chi connectivity index (χ2v) is 4.78. The highest BCUT2D eigenvalue weighted by Gasteiger charge is 2.25. The molecule has 2 saturated heterocycles. The van der Waals surface area contributed by atoms with Crippen LogP contribution >= 0.6 is 0 Å². The third-order valence-corrected chi connectivity index (χ3v) is 3.31. The van der Waals surface area contributed by atoms with Crippen LogP contribution in [0, 0.1) is 0 Å². The number of piperazine rings is 1. The van der Waals surface area contributed by atoms with Gasteiger partial charge in [0, 0.05) is 45.3 Å². The van der Waals surface area contributed by atoms with Crippen molar-refractivity contribution in [2.45, 2.75) is 32.1 Å². The molecule has 0 bridgehead atoms. The van der Waals surface area contributed by atoms with Crippen LogP contribution in [0.15, 0.2) is 0 Å². The first-order valence-corrected chi connectivity index (χ1v) is 6.06. The highest BCUT2D eigenvalue weighted by molar-refractivity contribution is 4.81. The third kappa shape index (κ3) is 3.14. The van der Waals surface area contributed by atoms with Gasteiger partial charge in [0.15, 0.2) is 0 Å². The first-order chi connectivity index (χ1) is 7.25. The molecule has 0 amide bonds. The fraction of sp³-hybridized carbons (Fsp3) is 1.00. The highest BCUT2D eigenvalue weighted by atomic mass is 16.5. The summed E-state index contributed by atoms with van der Waals surface area (Å²) in [6.45, 7) is 10.9. The Balaban J connectivity index is 1.79. The Morgan fingerprint density at radius 2 is 2.07 bits per heavy atom. The fourth-order valence-corrected chi connectivity index (χ4v) is 2.40. The first kappa shape index (κ1) is 11.3. The van der Waals surface area contributed by atoms with E-state index in [9.17, 15) is 0 Å². The summed E-state index contributed by atoms with van der Waals surface area (Å²) < 4.78 is 5.91. The molecule has 2 rings (SSSR count). The zero-order valence-corrected chi connectivity index (χ0v) is 9.83. The average molecular weight is 213 g/mol. The van der Waals surface area contributed by atoms with Crippen molar-refractivity contribution in [3.63, 3.8) is 0 Å². The molecule has 0 unspecified atom stereocenters. The molecule has 2 aliphatic rings. The van der Waals surface area contributed by atoms with Gasteiger partial charge in [-0.2, -0.15) is 0 Å². The molecule has 88 valence electrons. The SMILES string of the molecule is C[C@@H]1CNC[C@@H](CN2CCNC[C@H]2C)O1. The van der Waals surface area contributed by atoms with Gasteiger partial charge < -0.3 is 15.4 Å². The predicted molar refractivity (Wildman–Crippen MR) is 61.1 cm³/mol. The zero-order valence-electron chi connectivity index (χ0n) is 9.83. The molecule has 0 saturated carbocycles. The summed E-state index contributed by atoms with van der Waals surface area (Å²) >= 11 is 0. The highest BCUT2D eigenvalue weighted by Crippen LogP contribution is 2.09. The van der Waals surface area contributed by atoms with Crippen molar-refractivity contribution in [1.82, 2.24) is 15.5 Å². The van der Waals surface area contributed by atoms with Crippen molar-refractivity contribution in [3.8, 4) is 0 Å². The summed E-state index contributed by atoms with van der Waals surface area (Å²) in [6.07, 6.45) is 0.733. The Labute approximate surface area is 92.4 Å². The predicted octanol–water partition coefficient (Wildman–Crippen LogP) is -0.343. The monoisotopic (exact) mass is 213 g/mol. The molecule has 2 fully saturated rings. The molecule has 4 heteroatoms. The van der Waals surface area contributed by atoms with Crippen LogP contribution in [0.1, 0.15) is 13.8 Å². The smallest absolute Gasteiger partial charge is 0.0830 e. The molecule has 0 aromatic carbocycles. The third-order valence-electron chi connectivity index (χ3n) is 3.31. The lowest BCUT2D eigenvalue weighted by molar-refractivity contribution is -0.0488. The largest absolute Gasteiger partial charge is 0.371 e. The molecular formula is C11H23N3O. The number of nitrogens with one attached hydrogen (secondary N) is 2. The standard InChI is InChI=1S/C11H23N3O/c1-9-5-12-3-4-14(9)8-11-7-13-6-10(2)15-11/h9-13H,3-8H2,1-2H3/t9-,10-,11+/m1/s1. The van der Waals surface area contributed by atoms with Crippen molar-refractivity contribution < 1.29 is 4.74 Å². The van der Waals surface area contributed by atoms with Gasteiger partial charge in [-0.25, -0.2) is 0 Å². The quantitative estimate of drug-likeness (QED) is 0.658. The average Bonchev–Trinajstić information content (AvgIpc) is 2.22. The summed E-state index contributed by atoms with van der Waals surface area (Å²) in [7, 11) is 0. The van der Waals surface area contributed by atoms with E-state index in [1.165, 1.54) is 0 Å². The van der Waals surface area contributed by atoms with Gasteiger partial charge in [0.2, 0.25) is 0 Å². The number of hydrogen-bond acceptors (Lipinski definition) is 4. The van der Waals surface area contributed by atoms with Crippen LogP contribution in [0.2, 0.25) is 0 Å². The van der Waals surface area contributed by atoms with Crippen molar-refractivity contribution in [2.24, 2.45) is 0 Å². The minimum atomic E-state index is 0.363. The van der Waals surface area contributed by atoms with Crippen molar-refractivity contribution >= 4 is 0 Å². The molecule has 0 aromatic heterocycles. The van der Waals surface area contributed by atoms with E-state index < -0.39 is 0 Å². The van der Waals surface area contributed by atoms with Crippen LogP contribution in [0.25, 0.3) is 0 Å². The normalized spacial score (nSPS) is 39.2. The van der Waals surface area contributed by atoms with Gasteiger partial charge in [0.1, 0.15) is 0 Å². The van der Waals surface area contributed by atoms with Gasteiger partial charge in [0.05, 0.1) is 12.2 Å². The van der Waals surface area contributed by atoms with E-state index in [2.05, 4.69) is 29.4 Å². The Morgan fingerprint density at radius 1 is 1.20 bits per heavy atom. The maximum Gasteiger partial charge on any atom is 0.0830 e. The van der Waals surface area contributed by atoms with Crippen molar-refractivity contribution in [2.75, 3.05) is 39.3 Å². The minimum Gasteiger partial charge on any atom is -0.371 e. The number of morpholine rings is 1. The number of ether oxygens (including phenoxy) is 1. The van der Waals surface area contributed by atoms with Crippen LogP contribution in [0.5, 0.6) is 0 Å². The molecule has 3 atom stereocenters. The first-order valence-electron chi connectivity index (χ1n) is 6.06. The summed E-state index contributed by atoms with van der Waals surface area (Å²) in [5.74, 6) is 0. The van der Waals surface area contributed by atoms with E-state index in [1.807, 2.05) is 0 Å². The van der Waals surface area contributed by atoms with Crippen LogP contribution in [0.4, 0.5) is 0 Å². The zero-order chi connectivity index (χ0) is 10.7. The Bertz CT molecular complexity index is 200. The molecule has 4 nitrogen and oxygen atoms in total. The molecule has 2 heterocycles. The van der Waals surface area contributed by atoms with E-state index in [-0.39, 0.29) is 0 Å². The topological polar surface area (TPSA) is 36.5 Å². The second-order valence-electron chi connectivity index (χ2n) is 4.78. The Hall–Kier alpha value is -0.160. The van der Waals surface area contributed by atoms with Crippen LogP contribution < -0.4 is 10.6 Å². The number of nitrogens with zero attached hydrogens (tertiary/aromatic N) is 1. The molecule has 2 N–H and O–H groups in total. The van der Waals surface area contributed by atoms with E-state index in [0.29, 0.717) is 18.2 Å². The van der Waals surface area contributed by atoms with Gasteiger partial charge in [-0.3, -0.25) is 4.90 Å². The van der Waals surface area contributed by atoms with Gasteiger partial charge in [-0.15, -0.1) is 0 Å². The van der Waals surface area contributed by atoms with Crippen molar-refractivity contribution in [3.05, 3.63) is 0 Å². The van der Waals surface area contributed by atoms with Crippen molar-refractivity contribution in [1.29, 1.82) is 0 Å². The molecule has 0 aliphatic carbocycles. The van der Waals surface area contributed by atoms with E-state index in [4.69, 9.17) is 4.74 Å². The molecule has 2 aliphatic heterocycles. The van der Waals surface area contributed by atoms with Gasteiger partial charge in [-0.05, 0) is 13.8 Å². The lowest BCUT2D eigenvalue weighted by Crippen LogP contribution is -2.55. The van der Waals surface area contributed by atoms with Crippen LogP contribution in [0.3, 0.4) is 0 Å². The molecule has 15 heavy (non-hydrogen) atoms. The summed E-state index contributed by atoms with van der Waals surface area (Å²) in [4.78, 5) is 2.53. The number of hydrogen-bond donors (Lipinski definition) is 2. The second kappa shape index (κ2) is 5.25. The lowest BCUT2D eigenvalue weighted by atomic mass is 10.1. The molecule has 0 aromatic rings. The fourth-order valence-electron chi connectivity index (χ4n) is 2.40. The molecular weight excluding hydrogens is 190 g/mol. The van der Waals surface area contributed by atoms with Crippen LogP contribution in [-0.2, 0) is 4.74 Å². The maximum atomic E-state index is 5.91. The summed E-state index contributed by atoms with van der Waals surface area (Å²) in [5.41, 5.74) is 0. The minimum absolute atomic E-state index is 0.363. The summed E-state index contributed by atoms with van der Waals surface area (Å²) in [6, 6.07) is 0.639. The van der Waals surface area contributed by atoms with Crippen LogP contribution in [-0.4, -0.2) is 62.4 Å². The molecule has 0 spiro atoms. The summed E-state index contributed by atoms with van der Waals surface area (Å²) in [5, 5.41) is 6.83. The Morgan fingerprint density at radius 3 is 2.80 bits per heavy atom. The lowest BCUT2D eigenvalue weighted by Gasteiger charge is -2.38. The van der Waals surface area contributed by atoms with Gasteiger partial charge in [0.25, 0.3) is 0 Å². The Kier molecular flexibility index (Phi) is 3.97. The van der Waals surface area contributed by atoms with E-state index >= 15 is 0 Å². The van der Waals surface area contributed by atoms with Gasteiger partial charge >= 0.3 is 0 Å². The molecule has 0 radical (unpaired) electrons. The maximum absolute atomic E-state index is 5.91. The number of rotatable bonds is 2. The van der Waals surface area contributed by atoms with E-state index in [1.54, 1.807) is 0 Å². The van der Waals surface area contributed by atoms with Gasteiger partial charge in [-0.1, -0.05) is 0 Å². The van der Waals surface area contributed by atoms with E-state index in [0.717, 1.165) is 39.3 Å².